The van der Waals surface area contributed by atoms with Crippen molar-refractivity contribution in [1.82, 2.24) is 4.90 Å². The maximum absolute atomic E-state index is 12.2. The van der Waals surface area contributed by atoms with E-state index in [4.69, 9.17) is 9.84 Å². The number of aliphatic hydroxyl groups is 1. The van der Waals surface area contributed by atoms with Gasteiger partial charge in [0.25, 0.3) is 11.8 Å². The van der Waals surface area contributed by atoms with E-state index in [-0.39, 0.29) is 18.8 Å². The summed E-state index contributed by atoms with van der Waals surface area (Å²) in [6.07, 6.45) is 4.89. The van der Waals surface area contributed by atoms with Crippen LogP contribution in [-0.4, -0.2) is 55.2 Å². The average Bonchev–Trinajstić information content (AvgIpc) is 2.90. The molecule has 1 fully saturated rings. The fourth-order valence-corrected chi connectivity index (χ4v) is 3.19. The Morgan fingerprint density at radius 3 is 2.64 bits per heavy atom. The predicted molar refractivity (Wildman–Crippen MR) is 94.6 cm³/mol. The minimum Gasteiger partial charge on any atom is -0.494 e. The van der Waals surface area contributed by atoms with Gasteiger partial charge in [-0.1, -0.05) is 0 Å². The number of nitrogens with one attached hydrogen (secondary N) is 1. The first-order valence-corrected chi connectivity index (χ1v) is 8.52. The first kappa shape index (κ1) is 17.3. The monoisotopic (exact) mass is 345 g/mol. The van der Waals surface area contributed by atoms with Gasteiger partial charge >= 0.3 is 0 Å². The van der Waals surface area contributed by atoms with Crippen LogP contribution in [0.15, 0.2) is 30.0 Å². The molecule has 7 heteroatoms. The van der Waals surface area contributed by atoms with Crippen molar-refractivity contribution in [3.63, 3.8) is 0 Å². The molecule has 25 heavy (non-hydrogen) atoms. The van der Waals surface area contributed by atoms with Gasteiger partial charge < -0.3 is 20.1 Å². The number of carbonyl (C=O) groups is 2. The first-order valence-electron chi connectivity index (χ1n) is 8.52. The minimum atomic E-state index is -0.443. The van der Waals surface area contributed by atoms with Crippen LogP contribution in [0.5, 0.6) is 5.75 Å². The van der Waals surface area contributed by atoms with Crippen molar-refractivity contribution in [3.8, 4) is 5.75 Å². The number of methoxy groups -OCH3 is 1. The van der Waals surface area contributed by atoms with Gasteiger partial charge in [-0.3, -0.25) is 14.5 Å². The maximum atomic E-state index is 12.2. The number of piperidine rings is 1. The number of amides is 2. The van der Waals surface area contributed by atoms with Crippen LogP contribution in [0.25, 0.3) is 0 Å². The molecule has 0 aliphatic carbocycles. The molecule has 2 aliphatic heterocycles. The topological polar surface area (TPSA) is 82.1 Å². The number of aliphatic hydroxyl groups excluding tert-OH is 1. The molecule has 2 N–H and O–H groups in total. The number of hydrogen-bond donors (Lipinski definition) is 2. The molecule has 1 aromatic carbocycles. The lowest BCUT2D eigenvalue weighted by Gasteiger charge is -2.29. The third kappa shape index (κ3) is 3.61. The number of anilines is 2. The summed E-state index contributed by atoms with van der Waals surface area (Å²) in [5.41, 5.74) is 1.90. The van der Waals surface area contributed by atoms with E-state index in [1.54, 1.807) is 7.11 Å². The van der Waals surface area contributed by atoms with E-state index >= 15 is 0 Å². The second-order valence-electron chi connectivity index (χ2n) is 6.13. The number of hydrogen-bond acceptors (Lipinski definition) is 6. The van der Waals surface area contributed by atoms with Crippen molar-refractivity contribution in [1.29, 1.82) is 0 Å². The van der Waals surface area contributed by atoms with Gasteiger partial charge in [0.1, 0.15) is 11.4 Å². The maximum Gasteiger partial charge on any atom is 0.277 e. The largest absolute Gasteiger partial charge is 0.494 e. The summed E-state index contributed by atoms with van der Waals surface area (Å²) >= 11 is 0. The lowest BCUT2D eigenvalue weighted by Crippen LogP contribution is -2.34. The molecular weight excluding hydrogens is 322 g/mol. The van der Waals surface area contributed by atoms with Crippen LogP contribution < -0.4 is 15.0 Å². The highest BCUT2D eigenvalue weighted by Gasteiger charge is 2.31. The van der Waals surface area contributed by atoms with Crippen LogP contribution in [0.2, 0.25) is 0 Å². The van der Waals surface area contributed by atoms with Gasteiger partial charge in [-0.25, -0.2) is 0 Å². The molecule has 1 saturated heterocycles. The van der Waals surface area contributed by atoms with Gasteiger partial charge in [-0.05, 0) is 31.4 Å². The lowest BCUT2D eigenvalue weighted by atomic mass is 10.1. The quantitative estimate of drug-likeness (QED) is 0.757. The summed E-state index contributed by atoms with van der Waals surface area (Å²) in [5, 5.41) is 11.9. The molecule has 0 aromatic heterocycles. The van der Waals surface area contributed by atoms with Crippen LogP contribution in [0.3, 0.4) is 0 Å². The molecular formula is C18H23N3O4. The Kier molecular flexibility index (Phi) is 5.23. The zero-order valence-corrected chi connectivity index (χ0v) is 14.3. The SMILES string of the molecule is COc1cc(N2CCCCC2)ccc1NC1=CC(=O)N(CCO)C1=O. The highest BCUT2D eigenvalue weighted by Crippen LogP contribution is 2.32. The summed E-state index contributed by atoms with van der Waals surface area (Å²) in [7, 11) is 1.58. The van der Waals surface area contributed by atoms with Crippen LogP contribution >= 0.6 is 0 Å². The summed E-state index contributed by atoms with van der Waals surface area (Å²) in [6, 6.07) is 5.79. The lowest BCUT2D eigenvalue weighted by molar-refractivity contribution is -0.137. The molecule has 3 rings (SSSR count). The smallest absolute Gasteiger partial charge is 0.277 e. The number of ether oxygens (including phenoxy) is 1. The summed E-state index contributed by atoms with van der Waals surface area (Å²) in [4.78, 5) is 27.4. The number of benzene rings is 1. The van der Waals surface area contributed by atoms with E-state index in [1.165, 1.54) is 25.3 Å². The Morgan fingerprint density at radius 1 is 1.20 bits per heavy atom. The minimum absolute atomic E-state index is 0.00954. The summed E-state index contributed by atoms with van der Waals surface area (Å²) in [5.74, 6) is -0.253. The first-order chi connectivity index (χ1) is 12.1. The van der Waals surface area contributed by atoms with E-state index < -0.39 is 11.8 Å². The van der Waals surface area contributed by atoms with Gasteiger partial charge in [0.05, 0.1) is 25.9 Å². The summed E-state index contributed by atoms with van der Waals surface area (Å²) < 4.78 is 5.46. The second kappa shape index (κ2) is 7.57. The van der Waals surface area contributed by atoms with Gasteiger partial charge in [0.15, 0.2) is 0 Å². The van der Waals surface area contributed by atoms with E-state index in [0.29, 0.717) is 11.4 Å². The van der Waals surface area contributed by atoms with Gasteiger partial charge in [0.2, 0.25) is 0 Å². The fourth-order valence-electron chi connectivity index (χ4n) is 3.19. The zero-order valence-electron chi connectivity index (χ0n) is 14.3. The number of imide groups is 1. The number of carbonyl (C=O) groups excluding carboxylic acids is 2. The van der Waals surface area contributed by atoms with Crippen LogP contribution in [0, 0.1) is 0 Å². The normalized spacial score (nSPS) is 17.8. The standard InChI is InChI=1S/C18H23N3O4/c1-25-16-11-13(20-7-3-2-4-8-20)5-6-14(16)19-15-12-17(23)21(9-10-22)18(15)24/h5-6,11-12,19,22H,2-4,7-10H2,1H3. The molecule has 1 aromatic rings. The molecule has 0 saturated carbocycles. The Hall–Kier alpha value is -2.54. The molecule has 0 unspecified atom stereocenters. The van der Waals surface area contributed by atoms with E-state index in [0.717, 1.165) is 23.7 Å². The Balaban J connectivity index is 1.77. The highest BCUT2D eigenvalue weighted by molar-refractivity contribution is 6.17. The average molecular weight is 345 g/mol. The third-order valence-corrected chi connectivity index (χ3v) is 4.51. The van der Waals surface area contributed by atoms with Crippen molar-refractivity contribution < 1.29 is 19.4 Å². The Bertz CT molecular complexity index is 696. The van der Waals surface area contributed by atoms with Crippen LogP contribution in [0.4, 0.5) is 11.4 Å². The van der Waals surface area contributed by atoms with E-state index in [2.05, 4.69) is 10.2 Å². The van der Waals surface area contributed by atoms with Crippen molar-refractivity contribution in [3.05, 3.63) is 30.0 Å². The molecule has 0 atom stereocenters. The highest BCUT2D eigenvalue weighted by atomic mass is 16.5. The van der Waals surface area contributed by atoms with Gasteiger partial charge in [-0.15, -0.1) is 0 Å². The number of rotatable bonds is 6. The molecule has 0 bridgehead atoms. The van der Waals surface area contributed by atoms with Gasteiger partial charge in [0, 0.05) is 30.9 Å². The Morgan fingerprint density at radius 2 is 1.96 bits per heavy atom. The summed E-state index contributed by atoms with van der Waals surface area (Å²) in [6.45, 7) is 1.80. The van der Waals surface area contributed by atoms with Crippen molar-refractivity contribution in [2.75, 3.05) is 43.6 Å². The third-order valence-electron chi connectivity index (χ3n) is 4.51. The molecule has 7 nitrogen and oxygen atoms in total. The number of nitrogens with zero attached hydrogens (tertiary/aromatic N) is 2. The van der Waals surface area contributed by atoms with Gasteiger partial charge in [-0.2, -0.15) is 0 Å². The fraction of sp³-hybridized carbons (Fsp3) is 0.444. The zero-order chi connectivity index (χ0) is 17.8. The number of β-amino-alcohol motifs (C(OH)–C–C–N with tert-alkyl or cyclic N) is 1. The molecule has 2 amide bonds. The van der Waals surface area contributed by atoms with E-state index in [1.807, 2.05) is 18.2 Å². The van der Waals surface area contributed by atoms with Crippen molar-refractivity contribution in [2.24, 2.45) is 0 Å². The Labute approximate surface area is 146 Å². The van der Waals surface area contributed by atoms with Crippen molar-refractivity contribution in [2.45, 2.75) is 19.3 Å². The molecule has 0 radical (unpaired) electrons. The molecule has 2 heterocycles. The predicted octanol–water partition coefficient (Wildman–Crippen LogP) is 1.34. The molecule has 2 aliphatic rings. The van der Waals surface area contributed by atoms with Crippen LogP contribution in [-0.2, 0) is 9.59 Å². The molecule has 0 spiro atoms. The molecule has 134 valence electrons. The second-order valence-corrected chi connectivity index (χ2v) is 6.13. The van der Waals surface area contributed by atoms with Crippen molar-refractivity contribution >= 4 is 23.2 Å². The van der Waals surface area contributed by atoms with E-state index in [9.17, 15) is 9.59 Å². The van der Waals surface area contributed by atoms with Crippen LogP contribution in [0.1, 0.15) is 19.3 Å².